The van der Waals surface area contributed by atoms with Crippen LogP contribution in [0.5, 0.6) is 17.2 Å². The summed E-state index contributed by atoms with van der Waals surface area (Å²) in [6, 6.07) is 10.7. The average molecular weight is 424 g/mol. The van der Waals surface area contributed by atoms with Gasteiger partial charge in [-0.05, 0) is 63.2 Å². The summed E-state index contributed by atoms with van der Waals surface area (Å²) in [7, 11) is 1.53. The maximum absolute atomic E-state index is 13.1. The molecule has 4 amide bonds. The standard InChI is InChI=1S/C23H24N2O6/c1-5-30-17-10-7-16(8-11-17)25-22(27)19(21(26)24-23(25)28)12-15-6-9-18(29-4)13-20(15)31-14(2)3/h6-14H,5H2,1-4H3,(H,24,26,28)/b19-12+. The minimum Gasteiger partial charge on any atom is -0.497 e. The number of ether oxygens (including phenoxy) is 3. The fourth-order valence-electron chi connectivity index (χ4n) is 3.02. The van der Waals surface area contributed by atoms with E-state index in [2.05, 4.69) is 5.32 Å². The molecule has 1 fully saturated rings. The van der Waals surface area contributed by atoms with Gasteiger partial charge in [0.1, 0.15) is 22.8 Å². The summed E-state index contributed by atoms with van der Waals surface area (Å²) in [5.41, 5.74) is 0.638. The smallest absolute Gasteiger partial charge is 0.335 e. The van der Waals surface area contributed by atoms with E-state index in [1.165, 1.54) is 13.2 Å². The first-order chi connectivity index (χ1) is 14.8. The number of nitrogens with zero attached hydrogens (tertiary/aromatic N) is 1. The number of urea groups is 1. The zero-order valence-corrected chi connectivity index (χ0v) is 17.8. The Morgan fingerprint density at radius 2 is 1.71 bits per heavy atom. The van der Waals surface area contributed by atoms with E-state index in [4.69, 9.17) is 14.2 Å². The topological polar surface area (TPSA) is 94.2 Å². The van der Waals surface area contributed by atoms with Crippen LogP contribution < -0.4 is 24.4 Å². The molecular weight excluding hydrogens is 400 g/mol. The van der Waals surface area contributed by atoms with Gasteiger partial charge in [-0.25, -0.2) is 9.69 Å². The predicted octanol–water partition coefficient (Wildman–Crippen LogP) is 3.55. The van der Waals surface area contributed by atoms with Gasteiger partial charge in [0.15, 0.2) is 0 Å². The van der Waals surface area contributed by atoms with E-state index in [-0.39, 0.29) is 11.7 Å². The van der Waals surface area contributed by atoms with Crippen LogP contribution in [0.2, 0.25) is 0 Å². The van der Waals surface area contributed by atoms with Gasteiger partial charge in [0, 0.05) is 11.6 Å². The van der Waals surface area contributed by atoms with E-state index in [1.54, 1.807) is 42.5 Å². The maximum Gasteiger partial charge on any atom is 0.335 e. The molecule has 1 aliphatic rings. The Morgan fingerprint density at radius 1 is 1.03 bits per heavy atom. The fourth-order valence-corrected chi connectivity index (χ4v) is 3.02. The lowest BCUT2D eigenvalue weighted by Crippen LogP contribution is -2.54. The normalized spacial score (nSPS) is 15.3. The van der Waals surface area contributed by atoms with E-state index in [9.17, 15) is 14.4 Å². The average Bonchev–Trinajstić information content (AvgIpc) is 2.72. The molecule has 1 N–H and O–H groups in total. The highest BCUT2D eigenvalue weighted by Gasteiger charge is 2.37. The molecule has 0 unspecified atom stereocenters. The van der Waals surface area contributed by atoms with Crippen LogP contribution in [-0.4, -0.2) is 37.7 Å². The lowest BCUT2D eigenvalue weighted by molar-refractivity contribution is -0.122. The monoisotopic (exact) mass is 424 g/mol. The third-order valence-corrected chi connectivity index (χ3v) is 4.39. The van der Waals surface area contributed by atoms with Gasteiger partial charge in [0.05, 0.1) is 25.5 Å². The number of hydrogen-bond donors (Lipinski definition) is 1. The van der Waals surface area contributed by atoms with Crippen molar-refractivity contribution in [1.82, 2.24) is 5.32 Å². The lowest BCUT2D eigenvalue weighted by atomic mass is 10.1. The maximum atomic E-state index is 13.1. The second-order valence-corrected chi connectivity index (χ2v) is 6.96. The molecule has 162 valence electrons. The summed E-state index contributed by atoms with van der Waals surface area (Å²) in [6.07, 6.45) is 1.27. The molecule has 2 aromatic carbocycles. The number of barbiturate groups is 1. The van der Waals surface area contributed by atoms with Crippen molar-refractivity contribution in [3.05, 3.63) is 53.6 Å². The van der Waals surface area contributed by atoms with Crippen LogP contribution >= 0.6 is 0 Å². The molecule has 0 spiro atoms. The quantitative estimate of drug-likeness (QED) is 0.540. The third-order valence-electron chi connectivity index (χ3n) is 4.39. The molecule has 1 heterocycles. The molecule has 8 nitrogen and oxygen atoms in total. The van der Waals surface area contributed by atoms with Crippen molar-refractivity contribution in [3.63, 3.8) is 0 Å². The van der Waals surface area contributed by atoms with Crippen LogP contribution in [0.4, 0.5) is 10.5 Å². The number of carbonyl (C=O) groups excluding carboxylic acids is 3. The van der Waals surface area contributed by atoms with Gasteiger partial charge in [-0.1, -0.05) is 0 Å². The number of rotatable bonds is 7. The number of carbonyl (C=O) groups is 3. The number of nitrogens with one attached hydrogen (secondary N) is 1. The molecule has 0 atom stereocenters. The highest BCUT2D eigenvalue weighted by atomic mass is 16.5. The van der Waals surface area contributed by atoms with E-state index < -0.39 is 17.8 Å². The third kappa shape index (κ3) is 4.85. The number of benzene rings is 2. The summed E-state index contributed by atoms with van der Waals surface area (Å²) in [5, 5.41) is 2.21. The zero-order valence-electron chi connectivity index (χ0n) is 17.8. The van der Waals surface area contributed by atoms with Crippen molar-refractivity contribution in [1.29, 1.82) is 0 Å². The zero-order chi connectivity index (χ0) is 22.5. The predicted molar refractivity (Wildman–Crippen MR) is 115 cm³/mol. The first kappa shape index (κ1) is 21.9. The van der Waals surface area contributed by atoms with Crippen molar-refractivity contribution < 1.29 is 28.6 Å². The summed E-state index contributed by atoms with van der Waals surface area (Å²) < 4.78 is 16.4. The van der Waals surface area contributed by atoms with Crippen LogP contribution in [0.3, 0.4) is 0 Å². The lowest BCUT2D eigenvalue weighted by Gasteiger charge is -2.26. The Hall–Kier alpha value is -3.81. The van der Waals surface area contributed by atoms with Gasteiger partial charge in [0.2, 0.25) is 0 Å². The summed E-state index contributed by atoms with van der Waals surface area (Å²) >= 11 is 0. The molecule has 0 aliphatic carbocycles. The molecule has 8 heteroatoms. The Labute approximate surface area is 180 Å². The van der Waals surface area contributed by atoms with Gasteiger partial charge in [-0.15, -0.1) is 0 Å². The Balaban J connectivity index is 1.99. The van der Waals surface area contributed by atoms with E-state index in [0.717, 1.165) is 4.90 Å². The number of hydrogen-bond acceptors (Lipinski definition) is 6. The van der Waals surface area contributed by atoms with Crippen molar-refractivity contribution in [2.45, 2.75) is 26.9 Å². The number of imide groups is 2. The fraction of sp³-hybridized carbons (Fsp3) is 0.261. The highest BCUT2D eigenvalue weighted by molar-refractivity contribution is 6.39. The van der Waals surface area contributed by atoms with E-state index in [1.807, 2.05) is 20.8 Å². The van der Waals surface area contributed by atoms with Crippen molar-refractivity contribution in [2.75, 3.05) is 18.6 Å². The first-order valence-corrected chi connectivity index (χ1v) is 9.83. The van der Waals surface area contributed by atoms with Crippen molar-refractivity contribution >= 4 is 29.6 Å². The number of methoxy groups -OCH3 is 1. The minimum atomic E-state index is -0.815. The van der Waals surface area contributed by atoms with Gasteiger partial charge in [-0.3, -0.25) is 14.9 Å². The summed E-state index contributed by atoms with van der Waals surface area (Å²) in [6.45, 7) is 6.07. The second-order valence-electron chi connectivity index (χ2n) is 6.96. The second kappa shape index (κ2) is 9.34. The molecular formula is C23H24N2O6. The van der Waals surface area contributed by atoms with Gasteiger partial charge in [0.25, 0.3) is 11.8 Å². The van der Waals surface area contributed by atoms with Crippen LogP contribution in [0.25, 0.3) is 6.08 Å². The Bertz CT molecular complexity index is 1030. The van der Waals surface area contributed by atoms with Gasteiger partial charge < -0.3 is 14.2 Å². The molecule has 3 rings (SSSR count). The minimum absolute atomic E-state index is 0.137. The van der Waals surface area contributed by atoms with E-state index in [0.29, 0.717) is 35.1 Å². The largest absolute Gasteiger partial charge is 0.497 e. The molecule has 31 heavy (non-hydrogen) atoms. The number of anilines is 1. The van der Waals surface area contributed by atoms with Gasteiger partial charge in [-0.2, -0.15) is 0 Å². The molecule has 0 radical (unpaired) electrons. The van der Waals surface area contributed by atoms with Crippen molar-refractivity contribution in [2.24, 2.45) is 0 Å². The highest BCUT2D eigenvalue weighted by Crippen LogP contribution is 2.30. The van der Waals surface area contributed by atoms with Crippen molar-refractivity contribution in [3.8, 4) is 17.2 Å². The SMILES string of the molecule is CCOc1ccc(N2C(=O)NC(=O)/C(=C\c3ccc(OC)cc3OC(C)C)C2=O)cc1. The molecule has 0 bridgehead atoms. The van der Waals surface area contributed by atoms with Crippen LogP contribution in [-0.2, 0) is 9.59 Å². The molecule has 2 aromatic rings. The van der Waals surface area contributed by atoms with Crippen LogP contribution in [0, 0.1) is 0 Å². The van der Waals surface area contributed by atoms with Crippen LogP contribution in [0.1, 0.15) is 26.3 Å². The Kier molecular flexibility index (Phi) is 6.59. The molecule has 1 aliphatic heterocycles. The molecule has 0 aromatic heterocycles. The van der Waals surface area contributed by atoms with Crippen LogP contribution in [0.15, 0.2) is 48.0 Å². The molecule has 0 saturated carbocycles. The number of amides is 4. The van der Waals surface area contributed by atoms with Gasteiger partial charge >= 0.3 is 6.03 Å². The molecule has 1 saturated heterocycles. The van der Waals surface area contributed by atoms with E-state index >= 15 is 0 Å². The summed E-state index contributed by atoms with van der Waals surface area (Å²) in [5.74, 6) is 0.125. The first-order valence-electron chi connectivity index (χ1n) is 9.83. The Morgan fingerprint density at radius 3 is 2.32 bits per heavy atom. The summed E-state index contributed by atoms with van der Waals surface area (Å²) in [4.78, 5) is 38.9.